The SMILES string of the molecule is O=C(O)c1cc(NCCc2cscn2)ccc1[N+](=O)[O-]. The first kappa shape index (κ1) is 13.9. The fourth-order valence-electron chi connectivity index (χ4n) is 1.67. The van der Waals surface area contributed by atoms with E-state index in [0.717, 1.165) is 5.69 Å². The van der Waals surface area contributed by atoms with E-state index in [1.54, 1.807) is 5.51 Å². The molecular formula is C12H11N3O4S. The Labute approximate surface area is 118 Å². The molecular weight excluding hydrogens is 282 g/mol. The van der Waals surface area contributed by atoms with Crippen LogP contribution in [0.2, 0.25) is 0 Å². The first-order chi connectivity index (χ1) is 9.58. The average Bonchev–Trinajstić information content (AvgIpc) is 2.91. The molecule has 2 rings (SSSR count). The number of nitro benzene ring substituents is 1. The highest BCUT2D eigenvalue weighted by Gasteiger charge is 2.19. The lowest BCUT2D eigenvalue weighted by molar-refractivity contribution is -0.385. The number of anilines is 1. The lowest BCUT2D eigenvalue weighted by atomic mass is 10.1. The zero-order valence-corrected chi connectivity index (χ0v) is 11.1. The molecule has 0 spiro atoms. The van der Waals surface area contributed by atoms with E-state index in [2.05, 4.69) is 10.3 Å². The van der Waals surface area contributed by atoms with Crippen LogP contribution in [0.5, 0.6) is 0 Å². The van der Waals surface area contributed by atoms with E-state index in [1.807, 2.05) is 5.38 Å². The molecule has 1 aromatic carbocycles. The molecule has 2 aromatic rings. The van der Waals surface area contributed by atoms with E-state index in [0.29, 0.717) is 18.7 Å². The molecule has 104 valence electrons. The second kappa shape index (κ2) is 6.11. The third-order valence-corrected chi connectivity index (χ3v) is 3.25. The molecule has 1 aromatic heterocycles. The highest BCUT2D eigenvalue weighted by atomic mass is 32.1. The van der Waals surface area contributed by atoms with Gasteiger partial charge in [-0.15, -0.1) is 11.3 Å². The van der Waals surface area contributed by atoms with E-state index in [9.17, 15) is 14.9 Å². The Balaban J connectivity index is 2.07. The molecule has 0 aliphatic rings. The van der Waals surface area contributed by atoms with Gasteiger partial charge in [0.15, 0.2) is 0 Å². The molecule has 0 amide bonds. The second-order valence-electron chi connectivity index (χ2n) is 3.95. The minimum Gasteiger partial charge on any atom is -0.477 e. The topological polar surface area (TPSA) is 105 Å². The summed E-state index contributed by atoms with van der Waals surface area (Å²) in [4.78, 5) is 25.1. The molecule has 0 unspecified atom stereocenters. The number of nitrogens with zero attached hydrogens (tertiary/aromatic N) is 2. The van der Waals surface area contributed by atoms with Crippen molar-refractivity contribution in [3.05, 3.63) is 50.5 Å². The minimum atomic E-state index is -1.32. The standard InChI is InChI=1S/C12H11N3O4S/c16-12(17)10-5-8(1-2-11(10)15(18)19)13-4-3-9-6-20-7-14-9/h1-2,5-7,13H,3-4H2,(H,16,17). The fraction of sp³-hybridized carbons (Fsp3) is 0.167. The minimum absolute atomic E-state index is 0.325. The number of thiazole rings is 1. The molecule has 0 fully saturated rings. The van der Waals surface area contributed by atoms with E-state index in [4.69, 9.17) is 5.11 Å². The zero-order chi connectivity index (χ0) is 14.5. The summed E-state index contributed by atoms with van der Waals surface area (Å²) in [6.45, 7) is 0.570. The van der Waals surface area contributed by atoms with Crippen LogP contribution in [-0.2, 0) is 6.42 Å². The number of nitrogens with one attached hydrogen (secondary N) is 1. The number of aromatic carboxylic acids is 1. The van der Waals surface area contributed by atoms with Crippen molar-refractivity contribution in [3.63, 3.8) is 0 Å². The number of aromatic nitrogens is 1. The van der Waals surface area contributed by atoms with Gasteiger partial charge in [-0.3, -0.25) is 10.1 Å². The van der Waals surface area contributed by atoms with Crippen LogP contribution in [0.1, 0.15) is 16.1 Å². The fourth-order valence-corrected chi connectivity index (χ4v) is 2.27. The predicted octanol–water partition coefficient (Wildman–Crippen LogP) is 2.40. The lowest BCUT2D eigenvalue weighted by Gasteiger charge is -2.06. The maximum atomic E-state index is 11.0. The van der Waals surface area contributed by atoms with Gasteiger partial charge in [-0.25, -0.2) is 9.78 Å². The van der Waals surface area contributed by atoms with Gasteiger partial charge in [-0.05, 0) is 12.1 Å². The Morgan fingerprint density at radius 1 is 1.50 bits per heavy atom. The molecule has 2 N–H and O–H groups in total. The molecule has 0 atom stereocenters. The Morgan fingerprint density at radius 2 is 2.30 bits per heavy atom. The number of carbonyl (C=O) groups is 1. The largest absolute Gasteiger partial charge is 0.477 e. The molecule has 0 radical (unpaired) electrons. The van der Waals surface area contributed by atoms with Gasteiger partial charge in [-0.2, -0.15) is 0 Å². The maximum Gasteiger partial charge on any atom is 0.342 e. The molecule has 0 saturated carbocycles. The Hall–Kier alpha value is -2.48. The summed E-state index contributed by atoms with van der Waals surface area (Å²) in [7, 11) is 0. The van der Waals surface area contributed by atoms with E-state index in [1.165, 1.54) is 29.5 Å². The lowest BCUT2D eigenvalue weighted by Crippen LogP contribution is -2.08. The van der Waals surface area contributed by atoms with E-state index < -0.39 is 16.6 Å². The van der Waals surface area contributed by atoms with Crippen LogP contribution < -0.4 is 5.32 Å². The summed E-state index contributed by atoms with van der Waals surface area (Å²) in [5, 5.41) is 24.6. The molecule has 7 nitrogen and oxygen atoms in total. The van der Waals surface area contributed by atoms with Gasteiger partial charge in [0.2, 0.25) is 0 Å². The first-order valence-electron chi connectivity index (χ1n) is 5.70. The third kappa shape index (κ3) is 3.29. The highest BCUT2D eigenvalue weighted by Crippen LogP contribution is 2.22. The monoisotopic (exact) mass is 293 g/mol. The number of rotatable bonds is 6. The Bertz CT molecular complexity index is 628. The molecule has 0 aliphatic carbocycles. The van der Waals surface area contributed by atoms with Crippen molar-refractivity contribution >= 4 is 28.7 Å². The van der Waals surface area contributed by atoms with Gasteiger partial charge in [-0.1, -0.05) is 0 Å². The normalized spacial score (nSPS) is 10.2. The van der Waals surface area contributed by atoms with E-state index >= 15 is 0 Å². The van der Waals surface area contributed by atoms with Crippen LogP contribution in [0, 0.1) is 10.1 Å². The number of nitro groups is 1. The van der Waals surface area contributed by atoms with Crippen LogP contribution >= 0.6 is 11.3 Å². The predicted molar refractivity (Wildman–Crippen MR) is 74.4 cm³/mol. The van der Waals surface area contributed by atoms with Gasteiger partial charge in [0, 0.05) is 30.1 Å². The summed E-state index contributed by atoms with van der Waals surface area (Å²) in [5.41, 5.74) is 2.48. The Kier molecular flexibility index (Phi) is 4.26. The van der Waals surface area contributed by atoms with Gasteiger partial charge < -0.3 is 10.4 Å². The van der Waals surface area contributed by atoms with Crippen LogP contribution in [0.15, 0.2) is 29.1 Å². The summed E-state index contributed by atoms with van der Waals surface area (Å²) in [6, 6.07) is 3.95. The third-order valence-electron chi connectivity index (χ3n) is 2.62. The molecule has 1 heterocycles. The summed E-state index contributed by atoms with van der Waals surface area (Å²) in [5.74, 6) is -1.32. The van der Waals surface area contributed by atoms with Crippen molar-refractivity contribution in [3.8, 4) is 0 Å². The second-order valence-corrected chi connectivity index (χ2v) is 4.67. The van der Waals surface area contributed by atoms with Crippen molar-refractivity contribution in [2.45, 2.75) is 6.42 Å². The van der Waals surface area contributed by atoms with Gasteiger partial charge in [0.25, 0.3) is 5.69 Å². The summed E-state index contributed by atoms with van der Waals surface area (Å²) < 4.78 is 0. The average molecular weight is 293 g/mol. The van der Waals surface area contributed by atoms with Crippen molar-refractivity contribution in [2.75, 3.05) is 11.9 Å². The van der Waals surface area contributed by atoms with Crippen LogP contribution in [-0.4, -0.2) is 27.5 Å². The number of carboxylic acids is 1. The maximum absolute atomic E-state index is 11.0. The summed E-state index contributed by atoms with van der Waals surface area (Å²) in [6.07, 6.45) is 0.697. The van der Waals surface area contributed by atoms with Crippen molar-refractivity contribution in [2.24, 2.45) is 0 Å². The molecule has 0 bridgehead atoms. The zero-order valence-electron chi connectivity index (χ0n) is 10.3. The number of carboxylic acid groups (broad SMARTS) is 1. The summed E-state index contributed by atoms with van der Waals surface area (Å²) >= 11 is 1.51. The number of hydrogen-bond acceptors (Lipinski definition) is 6. The number of hydrogen-bond donors (Lipinski definition) is 2. The van der Waals surface area contributed by atoms with Gasteiger partial charge >= 0.3 is 5.97 Å². The van der Waals surface area contributed by atoms with Crippen LogP contribution in [0.4, 0.5) is 11.4 Å². The number of benzene rings is 1. The van der Waals surface area contributed by atoms with Crippen LogP contribution in [0.3, 0.4) is 0 Å². The molecule has 8 heteroatoms. The molecule has 0 saturated heterocycles. The first-order valence-corrected chi connectivity index (χ1v) is 6.65. The van der Waals surface area contributed by atoms with Crippen molar-refractivity contribution < 1.29 is 14.8 Å². The van der Waals surface area contributed by atoms with Gasteiger partial charge in [0.05, 0.1) is 16.1 Å². The van der Waals surface area contributed by atoms with Gasteiger partial charge in [0.1, 0.15) is 5.56 Å². The molecule has 0 aliphatic heterocycles. The highest BCUT2D eigenvalue weighted by molar-refractivity contribution is 7.07. The van der Waals surface area contributed by atoms with Crippen molar-refractivity contribution in [1.29, 1.82) is 0 Å². The Morgan fingerprint density at radius 3 is 2.90 bits per heavy atom. The van der Waals surface area contributed by atoms with Crippen LogP contribution in [0.25, 0.3) is 0 Å². The smallest absolute Gasteiger partial charge is 0.342 e. The van der Waals surface area contributed by atoms with E-state index in [-0.39, 0.29) is 5.56 Å². The molecule has 20 heavy (non-hydrogen) atoms. The quantitative estimate of drug-likeness (QED) is 0.626. The van der Waals surface area contributed by atoms with Crippen molar-refractivity contribution in [1.82, 2.24) is 4.98 Å².